The summed E-state index contributed by atoms with van der Waals surface area (Å²) in [7, 11) is -0.841. The molecule has 166 valence electrons. The summed E-state index contributed by atoms with van der Waals surface area (Å²) in [5.41, 5.74) is 4.76. The molecule has 0 saturated carbocycles. The van der Waals surface area contributed by atoms with Crippen LogP contribution in [-0.2, 0) is 10.0 Å². The summed E-state index contributed by atoms with van der Waals surface area (Å²) in [6.07, 6.45) is 1.62. The molecule has 1 aliphatic rings. The fraction of sp³-hybridized carbons (Fsp3) is 0.300. The first-order chi connectivity index (χ1) is 14.8. The number of rotatable bonds is 6. The number of hydrogen-bond acceptors (Lipinski definition) is 6. The quantitative estimate of drug-likeness (QED) is 0.629. The van der Waals surface area contributed by atoms with E-state index >= 15 is 0 Å². The zero-order valence-electron chi connectivity index (χ0n) is 17.0. The van der Waals surface area contributed by atoms with Crippen molar-refractivity contribution in [2.75, 3.05) is 27.3 Å². The molecular weight excluding hydrogens is 446 g/mol. The number of sulfonamides is 1. The molecule has 2 amide bonds. The van der Waals surface area contributed by atoms with Crippen LogP contribution in [0.3, 0.4) is 0 Å². The molecule has 31 heavy (non-hydrogen) atoms. The van der Waals surface area contributed by atoms with E-state index in [9.17, 15) is 18.0 Å². The SMILES string of the molecule is COc1cc(C(=O)NNC(=O)c2cccc(S(=O)(=O)N3CCCC3)c2)cc(Cl)c1OC. The highest BCUT2D eigenvalue weighted by atomic mass is 35.5. The zero-order chi connectivity index (χ0) is 22.6. The van der Waals surface area contributed by atoms with Crippen LogP contribution in [-0.4, -0.2) is 51.8 Å². The van der Waals surface area contributed by atoms with E-state index in [0.29, 0.717) is 13.1 Å². The van der Waals surface area contributed by atoms with Gasteiger partial charge in [0.25, 0.3) is 11.8 Å². The topological polar surface area (TPSA) is 114 Å². The number of benzene rings is 2. The van der Waals surface area contributed by atoms with Crippen molar-refractivity contribution >= 4 is 33.4 Å². The molecule has 0 spiro atoms. The number of carbonyl (C=O) groups excluding carboxylic acids is 2. The summed E-state index contributed by atoms with van der Waals surface area (Å²) in [6.45, 7) is 0.922. The normalized spacial score (nSPS) is 14.2. The highest BCUT2D eigenvalue weighted by molar-refractivity contribution is 7.89. The van der Waals surface area contributed by atoms with Crippen LogP contribution in [0, 0.1) is 0 Å². The number of hydrogen-bond donors (Lipinski definition) is 2. The monoisotopic (exact) mass is 467 g/mol. The van der Waals surface area contributed by atoms with E-state index < -0.39 is 21.8 Å². The van der Waals surface area contributed by atoms with Gasteiger partial charge in [0.15, 0.2) is 11.5 Å². The first kappa shape index (κ1) is 22.9. The van der Waals surface area contributed by atoms with Gasteiger partial charge in [0.1, 0.15) is 0 Å². The van der Waals surface area contributed by atoms with Crippen LogP contribution in [0.25, 0.3) is 0 Å². The molecule has 1 aliphatic heterocycles. The lowest BCUT2D eigenvalue weighted by atomic mass is 10.2. The minimum atomic E-state index is -3.66. The number of halogens is 1. The molecule has 0 radical (unpaired) electrons. The third kappa shape index (κ3) is 4.92. The van der Waals surface area contributed by atoms with E-state index in [4.69, 9.17) is 21.1 Å². The zero-order valence-corrected chi connectivity index (χ0v) is 18.5. The van der Waals surface area contributed by atoms with Gasteiger partial charge in [-0.25, -0.2) is 8.42 Å². The molecule has 2 aromatic rings. The van der Waals surface area contributed by atoms with Gasteiger partial charge in [0.05, 0.1) is 24.1 Å². The Bertz CT molecular complexity index is 1100. The number of ether oxygens (including phenoxy) is 2. The molecule has 1 saturated heterocycles. The van der Waals surface area contributed by atoms with Gasteiger partial charge in [-0.3, -0.25) is 20.4 Å². The smallest absolute Gasteiger partial charge is 0.269 e. The van der Waals surface area contributed by atoms with E-state index in [1.807, 2.05) is 0 Å². The van der Waals surface area contributed by atoms with Gasteiger partial charge in [-0.2, -0.15) is 4.31 Å². The minimum Gasteiger partial charge on any atom is -0.493 e. The van der Waals surface area contributed by atoms with Crippen LogP contribution < -0.4 is 20.3 Å². The van der Waals surface area contributed by atoms with Crippen LogP contribution >= 0.6 is 11.6 Å². The summed E-state index contributed by atoms with van der Waals surface area (Å²) in [4.78, 5) is 24.9. The van der Waals surface area contributed by atoms with Crippen molar-refractivity contribution < 1.29 is 27.5 Å². The number of methoxy groups -OCH3 is 2. The number of hydrazine groups is 1. The fourth-order valence-electron chi connectivity index (χ4n) is 3.18. The Labute approximate surface area is 185 Å². The van der Waals surface area contributed by atoms with Crippen LogP contribution in [0.2, 0.25) is 5.02 Å². The first-order valence-electron chi connectivity index (χ1n) is 9.40. The van der Waals surface area contributed by atoms with Gasteiger partial charge in [-0.1, -0.05) is 17.7 Å². The third-order valence-corrected chi connectivity index (χ3v) is 6.96. The average Bonchev–Trinajstić information content (AvgIpc) is 3.32. The molecule has 11 heteroatoms. The lowest BCUT2D eigenvalue weighted by Crippen LogP contribution is -2.41. The van der Waals surface area contributed by atoms with Crippen LogP contribution in [0.1, 0.15) is 33.6 Å². The molecule has 2 aromatic carbocycles. The molecule has 0 unspecified atom stereocenters. The number of carbonyl (C=O) groups is 2. The predicted molar refractivity (Wildman–Crippen MR) is 114 cm³/mol. The van der Waals surface area contributed by atoms with Gasteiger partial charge in [0, 0.05) is 24.2 Å². The first-order valence-corrected chi connectivity index (χ1v) is 11.2. The Morgan fingerprint density at radius 3 is 2.23 bits per heavy atom. The van der Waals surface area contributed by atoms with Crippen LogP contribution in [0.15, 0.2) is 41.3 Å². The molecule has 0 atom stereocenters. The van der Waals surface area contributed by atoms with Crippen LogP contribution in [0.5, 0.6) is 11.5 Å². The number of nitrogens with one attached hydrogen (secondary N) is 2. The molecule has 1 fully saturated rings. The van der Waals surface area contributed by atoms with E-state index in [2.05, 4.69) is 10.9 Å². The summed E-state index contributed by atoms with van der Waals surface area (Å²) in [6, 6.07) is 8.44. The van der Waals surface area contributed by atoms with E-state index in [1.165, 1.54) is 54.9 Å². The summed E-state index contributed by atoms with van der Waals surface area (Å²) >= 11 is 6.10. The Morgan fingerprint density at radius 2 is 1.61 bits per heavy atom. The summed E-state index contributed by atoms with van der Waals surface area (Å²) in [5, 5.41) is 0.165. The Balaban J connectivity index is 1.71. The summed E-state index contributed by atoms with van der Waals surface area (Å²) < 4.78 is 37.1. The second-order valence-corrected chi connectivity index (χ2v) is 9.09. The van der Waals surface area contributed by atoms with Crippen molar-refractivity contribution in [3.63, 3.8) is 0 Å². The maximum atomic E-state index is 12.7. The highest BCUT2D eigenvalue weighted by Gasteiger charge is 2.27. The van der Waals surface area contributed by atoms with Gasteiger partial charge >= 0.3 is 0 Å². The van der Waals surface area contributed by atoms with E-state index in [0.717, 1.165) is 12.8 Å². The van der Waals surface area contributed by atoms with Crippen molar-refractivity contribution in [3.05, 3.63) is 52.5 Å². The largest absolute Gasteiger partial charge is 0.493 e. The summed E-state index contributed by atoms with van der Waals surface area (Å²) in [5.74, 6) is -0.775. The van der Waals surface area contributed by atoms with Crippen molar-refractivity contribution in [1.82, 2.24) is 15.2 Å². The van der Waals surface area contributed by atoms with E-state index in [-0.39, 0.29) is 32.5 Å². The van der Waals surface area contributed by atoms with Crippen molar-refractivity contribution in [3.8, 4) is 11.5 Å². The van der Waals surface area contributed by atoms with E-state index in [1.54, 1.807) is 0 Å². The lowest BCUT2D eigenvalue weighted by molar-refractivity contribution is 0.0846. The second-order valence-electron chi connectivity index (χ2n) is 6.74. The molecule has 0 bridgehead atoms. The van der Waals surface area contributed by atoms with Gasteiger partial charge < -0.3 is 9.47 Å². The minimum absolute atomic E-state index is 0.0278. The molecule has 3 rings (SSSR count). The van der Waals surface area contributed by atoms with Crippen molar-refractivity contribution in [2.45, 2.75) is 17.7 Å². The molecule has 0 aliphatic carbocycles. The molecule has 1 heterocycles. The maximum Gasteiger partial charge on any atom is 0.269 e. The second kappa shape index (κ2) is 9.54. The molecule has 9 nitrogen and oxygen atoms in total. The Morgan fingerprint density at radius 1 is 0.968 bits per heavy atom. The lowest BCUT2D eigenvalue weighted by Gasteiger charge is -2.16. The third-order valence-electron chi connectivity index (χ3n) is 4.78. The van der Waals surface area contributed by atoms with Crippen molar-refractivity contribution in [2.24, 2.45) is 0 Å². The number of amides is 2. The van der Waals surface area contributed by atoms with Gasteiger partial charge in [-0.05, 0) is 43.2 Å². The Kier molecular flexibility index (Phi) is 7.04. The molecular formula is C20H22ClN3O6S. The number of nitrogens with zero attached hydrogens (tertiary/aromatic N) is 1. The standard InChI is InChI=1S/C20H22ClN3O6S/c1-29-17-12-14(11-16(21)18(17)30-2)20(26)23-22-19(25)13-6-5-7-15(10-13)31(27,28)24-8-3-4-9-24/h5-7,10-12H,3-4,8-9H2,1-2H3,(H,22,25)(H,23,26). The maximum absolute atomic E-state index is 12.7. The van der Waals surface area contributed by atoms with Gasteiger partial charge in [0.2, 0.25) is 10.0 Å². The fourth-order valence-corrected chi connectivity index (χ4v) is 5.03. The highest BCUT2D eigenvalue weighted by Crippen LogP contribution is 2.35. The van der Waals surface area contributed by atoms with Gasteiger partial charge in [-0.15, -0.1) is 0 Å². The predicted octanol–water partition coefficient (Wildman–Crippen LogP) is 2.22. The van der Waals surface area contributed by atoms with Crippen molar-refractivity contribution in [1.29, 1.82) is 0 Å². The Hall–Kier alpha value is -2.82. The van der Waals surface area contributed by atoms with Crippen LogP contribution in [0.4, 0.5) is 0 Å². The molecule has 0 aromatic heterocycles. The average molecular weight is 468 g/mol. The molecule has 2 N–H and O–H groups in total.